The van der Waals surface area contributed by atoms with Crippen molar-refractivity contribution < 1.29 is 8.42 Å². The van der Waals surface area contributed by atoms with E-state index in [4.69, 9.17) is 16.9 Å². The summed E-state index contributed by atoms with van der Waals surface area (Å²) in [4.78, 5) is 3.39. The topological polar surface area (TPSA) is 77.0 Å². The molecule has 0 saturated carbocycles. The molecule has 5 nitrogen and oxygen atoms in total. The lowest BCUT2D eigenvalue weighted by molar-refractivity contribution is 0.320. The highest BCUT2D eigenvalue weighted by molar-refractivity contribution is 7.89. The molecule has 1 saturated heterocycles. The first kappa shape index (κ1) is 19.0. The number of fused-ring (bicyclic) bond motifs is 1. The van der Waals surface area contributed by atoms with Crippen LogP contribution in [0.5, 0.6) is 0 Å². The number of nitrogens with one attached hydrogen (secondary N) is 1. The van der Waals surface area contributed by atoms with E-state index < -0.39 is 10.0 Å². The van der Waals surface area contributed by atoms with Crippen LogP contribution in [-0.2, 0) is 10.0 Å². The summed E-state index contributed by atoms with van der Waals surface area (Å²) >= 11 is 6.14. The van der Waals surface area contributed by atoms with Gasteiger partial charge in [0.1, 0.15) is 4.90 Å². The quantitative estimate of drug-likeness (QED) is 0.683. The molecule has 1 N–H and O–H groups in total. The third-order valence-corrected chi connectivity index (χ3v) is 7.82. The molecule has 4 rings (SSSR count). The highest BCUT2D eigenvalue weighted by Gasteiger charge is 2.32. The van der Waals surface area contributed by atoms with Crippen LogP contribution in [0.4, 0.5) is 0 Å². The Balaban J connectivity index is 1.55. The fourth-order valence-electron chi connectivity index (χ4n) is 3.92. The number of aryl methyl sites for hydroxylation is 1. The maximum Gasteiger partial charge on any atom is 0.244 e. The Morgan fingerprint density at radius 3 is 2.61 bits per heavy atom. The summed E-state index contributed by atoms with van der Waals surface area (Å²) in [7, 11) is -3.67. The molecule has 144 valence electrons. The first-order chi connectivity index (χ1) is 13.4. The van der Waals surface area contributed by atoms with Gasteiger partial charge in [-0.05, 0) is 61.6 Å². The maximum atomic E-state index is 13.0. The molecule has 0 bridgehead atoms. The third-order valence-electron chi connectivity index (χ3n) is 5.44. The van der Waals surface area contributed by atoms with E-state index in [2.05, 4.69) is 36.3 Å². The van der Waals surface area contributed by atoms with Gasteiger partial charge in [0, 0.05) is 30.2 Å². The second-order valence-corrected chi connectivity index (χ2v) is 9.54. The first-order valence-corrected chi connectivity index (χ1v) is 11.0. The Kier molecular flexibility index (Phi) is 4.92. The standard InChI is InChI=1S/C21H20ClN3O2S/c1-14-2-4-20-17(10-14)18(13-24-20)16-6-8-25(9-7-16)28(26,27)21-5-3-15(12-23)11-19(21)22/h2-5,10-11,13,16,24H,6-9H2,1H3. The fourth-order valence-corrected chi connectivity index (χ4v) is 5.91. The summed E-state index contributed by atoms with van der Waals surface area (Å²) in [6.45, 7) is 2.97. The number of nitriles is 1. The smallest absolute Gasteiger partial charge is 0.244 e. The first-order valence-electron chi connectivity index (χ1n) is 9.17. The summed E-state index contributed by atoms with van der Waals surface area (Å²) in [5.74, 6) is 0.318. The van der Waals surface area contributed by atoms with Crippen molar-refractivity contribution in [1.29, 1.82) is 5.26 Å². The number of benzene rings is 2. The number of nitrogens with zero attached hydrogens (tertiary/aromatic N) is 2. The second kappa shape index (κ2) is 7.25. The number of rotatable bonds is 3. The van der Waals surface area contributed by atoms with Crippen molar-refractivity contribution in [2.24, 2.45) is 0 Å². The molecule has 0 aliphatic carbocycles. The molecule has 3 aromatic rings. The summed E-state index contributed by atoms with van der Waals surface area (Å²) in [6, 6.07) is 12.6. The van der Waals surface area contributed by atoms with Crippen molar-refractivity contribution in [3.8, 4) is 6.07 Å². The Morgan fingerprint density at radius 2 is 1.93 bits per heavy atom. The van der Waals surface area contributed by atoms with Crippen molar-refractivity contribution in [1.82, 2.24) is 9.29 Å². The normalized spacial score (nSPS) is 16.3. The van der Waals surface area contributed by atoms with Gasteiger partial charge in [0.2, 0.25) is 10.0 Å². The van der Waals surface area contributed by atoms with Crippen LogP contribution in [0.1, 0.15) is 35.4 Å². The lowest BCUT2D eigenvalue weighted by Gasteiger charge is -2.31. The van der Waals surface area contributed by atoms with E-state index in [1.165, 1.54) is 39.0 Å². The van der Waals surface area contributed by atoms with E-state index in [0.29, 0.717) is 24.6 Å². The van der Waals surface area contributed by atoms with Crippen LogP contribution in [0.15, 0.2) is 47.5 Å². The van der Waals surface area contributed by atoms with Crippen LogP contribution in [0.25, 0.3) is 10.9 Å². The van der Waals surface area contributed by atoms with Gasteiger partial charge >= 0.3 is 0 Å². The van der Waals surface area contributed by atoms with Gasteiger partial charge in [-0.25, -0.2) is 8.42 Å². The Bertz CT molecular complexity index is 1190. The molecule has 1 fully saturated rings. The molecule has 1 aliphatic rings. The Hall–Kier alpha value is -2.33. The van der Waals surface area contributed by atoms with Gasteiger partial charge in [0.25, 0.3) is 0 Å². The van der Waals surface area contributed by atoms with Crippen LogP contribution in [0.2, 0.25) is 5.02 Å². The van der Waals surface area contributed by atoms with Crippen molar-refractivity contribution in [2.45, 2.75) is 30.6 Å². The van der Waals surface area contributed by atoms with Crippen LogP contribution in [-0.4, -0.2) is 30.8 Å². The summed E-state index contributed by atoms with van der Waals surface area (Å²) in [5, 5.41) is 10.3. The molecule has 0 atom stereocenters. The predicted octanol–water partition coefficient (Wildman–Crippen LogP) is 4.57. The Labute approximate surface area is 169 Å². The van der Waals surface area contributed by atoms with Gasteiger partial charge in [-0.2, -0.15) is 9.57 Å². The number of aromatic nitrogens is 1. The molecule has 2 heterocycles. The highest BCUT2D eigenvalue weighted by atomic mass is 35.5. The molecule has 1 aromatic heterocycles. The monoisotopic (exact) mass is 413 g/mol. The number of piperidine rings is 1. The molecular formula is C21H20ClN3O2S. The van der Waals surface area contributed by atoms with E-state index in [9.17, 15) is 8.42 Å². The number of H-pyrrole nitrogens is 1. The molecule has 0 unspecified atom stereocenters. The third kappa shape index (κ3) is 3.30. The summed E-state index contributed by atoms with van der Waals surface area (Å²) < 4.78 is 27.5. The van der Waals surface area contributed by atoms with E-state index >= 15 is 0 Å². The molecule has 28 heavy (non-hydrogen) atoms. The van der Waals surface area contributed by atoms with Crippen LogP contribution < -0.4 is 0 Å². The summed E-state index contributed by atoms with van der Waals surface area (Å²) in [6.07, 6.45) is 3.57. The second-order valence-electron chi connectivity index (χ2n) is 7.23. The van der Waals surface area contributed by atoms with Crippen molar-refractivity contribution in [3.05, 3.63) is 64.3 Å². The SMILES string of the molecule is Cc1ccc2[nH]cc(C3CCN(S(=O)(=O)c4ccc(C#N)cc4Cl)CC3)c2c1. The number of sulfonamides is 1. The average molecular weight is 414 g/mol. The molecule has 0 spiro atoms. The molecule has 7 heteroatoms. The van der Waals surface area contributed by atoms with Crippen molar-refractivity contribution in [2.75, 3.05) is 13.1 Å². The van der Waals surface area contributed by atoms with Gasteiger partial charge in [-0.15, -0.1) is 0 Å². The maximum absolute atomic E-state index is 13.0. The van der Waals surface area contributed by atoms with E-state index in [1.807, 2.05) is 6.07 Å². The zero-order valence-corrected chi connectivity index (χ0v) is 17.0. The zero-order chi connectivity index (χ0) is 19.9. The predicted molar refractivity (Wildman–Crippen MR) is 110 cm³/mol. The molecule has 1 aliphatic heterocycles. The number of hydrogen-bond acceptors (Lipinski definition) is 3. The fraction of sp³-hybridized carbons (Fsp3) is 0.286. The number of aromatic amines is 1. The summed E-state index contributed by atoms with van der Waals surface area (Å²) in [5.41, 5.74) is 3.92. The van der Waals surface area contributed by atoms with Crippen LogP contribution >= 0.6 is 11.6 Å². The van der Waals surface area contributed by atoms with Crippen LogP contribution in [0, 0.1) is 18.3 Å². The number of hydrogen-bond donors (Lipinski definition) is 1. The molecule has 0 amide bonds. The van der Waals surface area contributed by atoms with Crippen molar-refractivity contribution in [3.63, 3.8) is 0 Å². The molecular weight excluding hydrogens is 394 g/mol. The van der Waals surface area contributed by atoms with Crippen LogP contribution in [0.3, 0.4) is 0 Å². The Morgan fingerprint density at radius 1 is 1.18 bits per heavy atom. The molecule has 0 radical (unpaired) electrons. The minimum atomic E-state index is -3.67. The van der Waals surface area contributed by atoms with Gasteiger partial charge in [-0.3, -0.25) is 0 Å². The van der Waals surface area contributed by atoms with Crippen molar-refractivity contribution >= 4 is 32.5 Å². The highest BCUT2D eigenvalue weighted by Crippen LogP contribution is 2.36. The largest absolute Gasteiger partial charge is 0.361 e. The average Bonchev–Trinajstić information content (AvgIpc) is 3.10. The van der Waals surface area contributed by atoms with E-state index in [-0.39, 0.29) is 9.92 Å². The van der Waals surface area contributed by atoms with Gasteiger partial charge < -0.3 is 4.98 Å². The zero-order valence-electron chi connectivity index (χ0n) is 15.4. The molecule has 2 aromatic carbocycles. The van der Waals surface area contributed by atoms with E-state index in [1.54, 1.807) is 0 Å². The lowest BCUT2D eigenvalue weighted by atomic mass is 9.90. The minimum absolute atomic E-state index is 0.0642. The van der Waals surface area contributed by atoms with E-state index in [0.717, 1.165) is 18.4 Å². The van der Waals surface area contributed by atoms with Gasteiger partial charge in [0.15, 0.2) is 0 Å². The lowest BCUT2D eigenvalue weighted by Crippen LogP contribution is -2.38. The van der Waals surface area contributed by atoms with Gasteiger partial charge in [0.05, 0.1) is 16.7 Å². The number of halogens is 1. The van der Waals surface area contributed by atoms with Gasteiger partial charge in [-0.1, -0.05) is 23.2 Å². The minimum Gasteiger partial charge on any atom is -0.361 e.